The molecule has 20 heavy (non-hydrogen) atoms. The standard InChI is InChI=1S/C16H33NO3/c1-4-5-6-7-8-9-10-11-12-15(18)13-17(2,3)14-16(19)20/h15,18H,4-14H2,1-3H3/p+1. The normalized spacial score (nSPS) is 13.4. The van der Waals surface area contributed by atoms with Gasteiger partial charge in [0.25, 0.3) is 0 Å². The lowest BCUT2D eigenvalue weighted by atomic mass is 10.1. The van der Waals surface area contributed by atoms with Crippen molar-refractivity contribution >= 4 is 5.97 Å². The van der Waals surface area contributed by atoms with Crippen molar-refractivity contribution in [2.45, 2.75) is 70.8 Å². The first-order chi connectivity index (χ1) is 9.37. The van der Waals surface area contributed by atoms with Crippen LogP contribution < -0.4 is 0 Å². The second-order valence-electron chi connectivity index (χ2n) is 6.59. The summed E-state index contributed by atoms with van der Waals surface area (Å²) in [6.45, 7) is 2.81. The van der Waals surface area contributed by atoms with Gasteiger partial charge in [-0.1, -0.05) is 58.3 Å². The Balaban J connectivity index is 3.53. The number of carboxylic acid groups (broad SMARTS) is 1. The third-order valence-electron chi connectivity index (χ3n) is 3.66. The fourth-order valence-electron chi connectivity index (χ4n) is 2.61. The number of likely N-dealkylation sites (N-methyl/N-ethyl adjacent to an activating group) is 1. The van der Waals surface area contributed by atoms with Crippen molar-refractivity contribution in [1.82, 2.24) is 0 Å². The van der Waals surface area contributed by atoms with Gasteiger partial charge in [0.05, 0.1) is 14.1 Å². The van der Waals surface area contributed by atoms with Crippen molar-refractivity contribution in [3.63, 3.8) is 0 Å². The van der Waals surface area contributed by atoms with E-state index in [9.17, 15) is 9.90 Å². The molecule has 1 unspecified atom stereocenters. The van der Waals surface area contributed by atoms with Gasteiger partial charge < -0.3 is 14.7 Å². The van der Waals surface area contributed by atoms with E-state index in [0.29, 0.717) is 11.0 Å². The van der Waals surface area contributed by atoms with Gasteiger partial charge in [0.1, 0.15) is 12.6 Å². The molecule has 0 saturated heterocycles. The summed E-state index contributed by atoms with van der Waals surface area (Å²) in [5.74, 6) is -0.811. The van der Waals surface area contributed by atoms with Crippen LogP contribution in [0.25, 0.3) is 0 Å². The first kappa shape index (κ1) is 19.4. The van der Waals surface area contributed by atoms with E-state index in [-0.39, 0.29) is 12.6 Å². The summed E-state index contributed by atoms with van der Waals surface area (Å²) < 4.78 is 0.341. The molecule has 4 heteroatoms. The van der Waals surface area contributed by atoms with Gasteiger partial charge >= 0.3 is 5.97 Å². The molecule has 0 heterocycles. The third kappa shape index (κ3) is 12.4. The summed E-state index contributed by atoms with van der Waals surface area (Å²) in [7, 11) is 3.70. The third-order valence-corrected chi connectivity index (χ3v) is 3.66. The van der Waals surface area contributed by atoms with Crippen molar-refractivity contribution in [3.05, 3.63) is 0 Å². The molecule has 0 saturated carbocycles. The maximum atomic E-state index is 10.7. The van der Waals surface area contributed by atoms with Gasteiger partial charge in [0.2, 0.25) is 0 Å². The topological polar surface area (TPSA) is 57.5 Å². The zero-order valence-corrected chi connectivity index (χ0v) is 13.6. The molecule has 1 atom stereocenters. The fourth-order valence-corrected chi connectivity index (χ4v) is 2.61. The van der Waals surface area contributed by atoms with Crippen LogP contribution >= 0.6 is 0 Å². The summed E-state index contributed by atoms with van der Waals surface area (Å²) in [6, 6.07) is 0. The maximum Gasteiger partial charge on any atom is 0.359 e. The van der Waals surface area contributed by atoms with E-state index in [1.54, 1.807) is 0 Å². The van der Waals surface area contributed by atoms with Crippen LogP contribution in [0.1, 0.15) is 64.7 Å². The Bertz CT molecular complexity index is 254. The van der Waals surface area contributed by atoms with Crippen LogP contribution in [-0.4, -0.2) is 54.0 Å². The van der Waals surface area contributed by atoms with Gasteiger partial charge in [0.15, 0.2) is 6.54 Å². The van der Waals surface area contributed by atoms with Crippen LogP contribution in [0.3, 0.4) is 0 Å². The molecule has 2 N–H and O–H groups in total. The summed E-state index contributed by atoms with van der Waals surface area (Å²) in [4.78, 5) is 10.7. The molecule has 0 bridgehead atoms. The Labute approximate surface area is 124 Å². The molecule has 0 fully saturated rings. The number of carbonyl (C=O) groups is 1. The molecular weight excluding hydrogens is 254 g/mol. The largest absolute Gasteiger partial charge is 0.477 e. The Morgan fingerprint density at radius 3 is 2.00 bits per heavy atom. The molecule has 120 valence electrons. The first-order valence-electron chi connectivity index (χ1n) is 8.09. The second-order valence-corrected chi connectivity index (χ2v) is 6.59. The number of aliphatic hydroxyl groups is 1. The maximum absolute atomic E-state index is 10.7. The van der Waals surface area contributed by atoms with E-state index in [2.05, 4.69) is 6.92 Å². The number of nitrogens with zero attached hydrogens (tertiary/aromatic N) is 1. The molecule has 0 aliphatic heterocycles. The van der Waals surface area contributed by atoms with E-state index >= 15 is 0 Å². The van der Waals surface area contributed by atoms with Crippen LogP contribution in [0.2, 0.25) is 0 Å². The lowest BCUT2D eigenvalue weighted by Gasteiger charge is -2.30. The number of aliphatic hydroxyl groups excluding tert-OH is 1. The van der Waals surface area contributed by atoms with Crippen molar-refractivity contribution < 1.29 is 19.5 Å². The molecule has 0 rings (SSSR count). The predicted molar refractivity (Wildman–Crippen MR) is 82.7 cm³/mol. The number of hydrogen-bond acceptors (Lipinski definition) is 2. The number of quaternary nitrogens is 1. The average Bonchev–Trinajstić information content (AvgIpc) is 2.30. The highest BCUT2D eigenvalue weighted by atomic mass is 16.4. The minimum atomic E-state index is -0.811. The molecule has 0 spiro atoms. The average molecular weight is 288 g/mol. The van der Waals surface area contributed by atoms with Crippen molar-refractivity contribution in [1.29, 1.82) is 0 Å². The highest BCUT2D eigenvalue weighted by Crippen LogP contribution is 2.12. The molecule has 0 aromatic carbocycles. The first-order valence-corrected chi connectivity index (χ1v) is 8.09. The zero-order valence-electron chi connectivity index (χ0n) is 13.6. The molecule has 0 aromatic rings. The monoisotopic (exact) mass is 288 g/mol. The van der Waals surface area contributed by atoms with Crippen molar-refractivity contribution in [3.8, 4) is 0 Å². The van der Waals surface area contributed by atoms with Gasteiger partial charge in [-0.3, -0.25) is 0 Å². The Morgan fingerprint density at radius 2 is 1.50 bits per heavy atom. The number of rotatable bonds is 13. The van der Waals surface area contributed by atoms with E-state index in [1.807, 2.05) is 14.1 Å². The van der Waals surface area contributed by atoms with Gasteiger partial charge in [-0.05, 0) is 6.42 Å². The number of carboxylic acids is 1. The SMILES string of the molecule is CCCCCCCCCCC(O)C[N+](C)(C)CC(=O)O. The van der Waals surface area contributed by atoms with E-state index in [0.717, 1.165) is 12.8 Å². The summed E-state index contributed by atoms with van der Waals surface area (Å²) in [5, 5.41) is 18.8. The second kappa shape index (κ2) is 11.1. The molecular formula is C16H34NO3+. The van der Waals surface area contributed by atoms with E-state index in [4.69, 9.17) is 5.11 Å². The van der Waals surface area contributed by atoms with Crippen LogP contribution in [0.4, 0.5) is 0 Å². The molecule has 0 aromatic heterocycles. The Kier molecular flexibility index (Phi) is 10.8. The molecule has 0 amide bonds. The van der Waals surface area contributed by atoms with Crippen LogP contribution in [0.15, 0.2) is 0 Å². The molecule has 0 aliphatic carbocycles. The minimum absolute atomic E-state index is 0.0640. The summed E-state index contributed by atoms with van der Waals surface area (Å²) in [6.07, 6.45) is 10.5. The smallest absolute Gasteiger partial charge is 0.359 e. The Morgan fingerprint density at radius 1 is 1.00 bits per heavy atom. The number of hydrogen-bond donors (Lipinski definition) is 2. The number of unbranched alkanes of at least 4 members (excludes halogenated alkanes) is 7. The summed E-state index contributed by atoms with van der Waals surface area (Å²) in [5.41, 5.74) is 0. The van der Waals surface area contributed by atoms with Crippen LogP contribution in [0, 0.1) is 0 Å². The Hall–Kier alpha value is -0.610. The molecule has 4 nitrogen and oxygen atoms in total. The number of aliphatic carboxylic acids is 1. The van der Waals surface area contributed by atoms with Crippen LogP contribution in [0.5, 0.6) is 0 Å². The van der Waals surface area contributed by atoms with Crippen molar-refractivity contribution in [2.24, 2.45) is 0 Å². The highest BCUT2D eigenvalue weighted by molar-refractivity contribution is 5.67. The molecule has 0 radical (unpaired) electrons. The van der Waals surface area contributed by atoms with Crippen molar-refractivity contribution in [2.75, 3.05) is 27.2 Å². The predicted octanol–water partition coefficient (Wildman–Crippen LogP) is 3.04. The molecule has 0 aliphatic rings. The van der Waals surface area contributed by atoms with Crippen LogP contribution in [-0.2, 0) is 4.79 Å². The van der Waals surface area contributed by atoms with E-state index < -0.39 is 5.97 Å². The minimum Gasteiger partial charge on any atom is -0.477 e. The lowest BCUT2D eigenvalue weighted by molar-refractivity contribution is -0.886. The van der Waals surface area contributed by atoms with Gasteiger partial charge in [0, 0.05) is 0 Å². The van der Waals surface area contributed by atoms with Gasteiger partial charge in [-0.25, -0.2) is 4.79 Å². The fraction of sp³-hybridized carbons (Fsp3) is 0.938. The van der Waals surface area contributed by atoms with Gasteiger partial charge in [-0.2, -0.15) is 0 Å². The van der Waals surface area contributed by atoms with Gasteiger partial charge in [-0.15, -0.1) is 0 Å². The highest BCUT2D eigenvalue weighted by Gasteiger charge is 2.23. The zero-order chi connectivity index (χ0) is 15.4. The quantitative estimate of drug-likeness (QED) is 0.404. The lowest BCUT2D eigenvalue weighted by Crippen LogP contribution is -2.48. The van der Waals surface area contributed by atoms with E-state index in [1.165, 1.54) is 44.9 Å². The summed E-state index contributed by atoms with van der Waals surface area (Å²) >= 11 is 0.